The summed E-state index contributed by atoms with van der Waals surface area (Å²) in [5, 5.41) is 0.571. The van der Waals surface area contributed by atoms with Crippen LogP contribution in [0.15, 0.2) is 29.1 Å². The first-order valence-electron chi connectivity index (χ1n) is 8.92. The second-order valence-corrected chi connectivity index (χ2v) is 5.90. The molecule has 2 aromatic rings. The van der Waals surface area contributed by atoms with E-state index in [-0.39, 0.29) is 30.5 Å². The number of fused-ring (bicyclic) bond motifs is 1. The SMILES string of the molecule is CCOC(=O)CCn1c([C@H](C)N(CC)CC)nc2ccccc2c1=O. The third kappa shape index (κ3) is 4.25. The largest absolute Gasteiger partial charge is 0.466 e. The van der Waals surface area contributed by atoms with Gasteiger partial charge in [0, 0.05) is 6.54 Å². The average molecular weight is 345 g/mol. The highest BCUT2D eigenvalue weighted by atomic mass is 16.5. The first kappa shape index (κ1) is 19.1. The molecule has 0 fully saturated rings. The van der Waals surface area contributed by atoms with Gasteiger partial charge < -0.3 is 4.74 Å². The number of rotatable bonds is 8. The molecular weight excluding hydrogens is 318 g/mol. The van der Waals surface area contributed by atoms with Gasteiger partial charge in [0.05, 0.1) is 30.0 Å². The summed E-state index contributed by atoms with van der Waals surface area (Å²) < 4.78 is 6.62. The average Bonchev–Trinajstić information content (AvgIpc) is 2.62. The van der Waals surface area contributed by atoms with Crippen molar-refractivity contribution in [3.63, 3.8) is 0 Å². The fraction of sp³-hybridized carbons (Fsp3) is 0.526. The fourth-order valence-corrected chi connectivity index (χ4v) is 3.09. The number of aromatic nitrogens is 2. The van der Waals surface area contributed by atoms with Gasteiger partial charge in [-0.2, -0.15) is 0 Å². The van der Waals surface area contributed by atoms with Gasteiger partial charge in [-0.05, 0) is 39.1 Å². The molecule has 6 heteroatoms. The minimum atomic E-state index is -0.302. The Balaban J connectivity index is 2.51. The monoisotopic (exact) mass is 345 g/mol. The van der Waals surface area contributed by atoms with Crippen molar-refractivity contribution in [2.45, 2.75) is 46.7 Å². The van der Waals surface area contributed by atoms with Crippen LogP contribution in [0, 0.1) is 0 Å². The van der Waals surface area contributed by atoms with Gasteiger partial charge in [-0.15, -0.1) is 0 Å². The summed E-state index contributed by atoms with van der Waals surface area (Å²) in [6.07, 6.45) is 0.158. The van der Waals surface area contributed by atoms with Gasteiger partial charge in [0.25, 0.3) is 5.56 Å². The second kappa shape index (κ2) is 8.76. The summed E-state index contributed by atoms with van der Waals surface area (Å²) in [7, 11) is 0. The molecule has 0 amide bonds. The highest BCUT2D eigenvalue weighted by molar-refractivity contribution is 5.77. The molecule has 1 heterocycles. The van der Waals surface area contributed by atoms with Gasteiger partial charge >= 0.3 is 5.97 Å². The molecule has 0 spiro atoms. The van der Waals surface area contributed by atoms with Crippen molar-refractivity contribution in [2.75, 3.05) is 19.7 Å². The van der Waals surface area contributed by atoms with Crippen molar-refractivity contribution in [1.29, 1.82) is 0 Å². The zero-order valence-electron chi connectivity index (χ0n) is 15.5. The van der Waals surface area contributed by atoms with E-state index in [2.05, 4.69) is 18.7 Å². The third-order valence-electron chi connectivity index (χ3n) is 4.47. The van der Waals surface area contributed by atoms with E-state index in [0.717, 1.165) is 13.1 Å². The van der Waals surface area contributed by atoms with E-state index >= 15 is 0 Å². The number of para-hydroxylation sites is 1. The maximum atomic E-state index is 13.0. The molecule has 25 heavy (non-hydrogen) atoms. The maximum Gasteiger partial charge on any atom is 0.307 e. The number of hydrogen-bond donors (Lipinski definition) is 0. The van der Waals surface area contributed by atoms with E-state index in [1.54, 1.807) is 17.6 Å². The second-order valence-electron chi connectivity index (χ2n) is 5.90. The Morgan fingerprint density at radius 1 is 1.24 bits per heavy atom. The van der Waals surface area contributed by atoms with Crippen molar-refractivity contribution >= 4 is 16.9 Å². The van der Waals surface area contributed by atoms with Crippen LogP contribution in [0.2, 0.25) is 0 Å². The Morgan fingerprint density at radius 2 is 1.92 bits per heavy atom. The molecule has 0 N–H and O–H groups in total. The van der Waals surface area contributed by atoms with Crippen LogP contribution >= 0.6 is 0 Å². The van der Waals surface area contributed by atoms with Gasteiger partial charge in [0.1, 0.15) is 5.82 Å². The number of carbonyl (C=O) groups is 1. The van der Waals surface area contributed by atoms with E-state index < -0.39 is 0 Å². The lowest BCUT2D eigenvalue weighted by Crippen LogP contribution is -2.34. The smallest absolute Gasteiger partial charge is 0.307 e. The summed E-state index contributed by atoms with van der Waals surface area (Å²) in [5.41, 5.74) is 0.581. The number of hydrogen-bond acceptors (Lipinski definition) is 5. The first-order chi connectivity index (χ1) is 12.0. The molecule has 1 aromatic carbocycles. The number of benzene rings is 1. The fourth-order valence-electron chi connectivity index (χ4n) is 3.09. The Kier molecular flexibility index (Phi) is 6.70. The van der Waals surface area contributed by atoms with Crippen LogP contribution in [0.3, 0.4) is 0 Å². The van der Waals surface area contributed by atoms with Gasteiger partial charge in [-0.1, -0.05) is 26.0 Å². The standard InChI is InChI=1S/C19H27N3O3/c1-5-21(6-2)14(4)18-20-16-11-9-8-10-15(16)19(24)22(18)13-12-17(23)25-7-3/h8-11,14H,5-7,12-13H2,1-4H3/t14-/m0/s1. The van der Waals surface area contributed by atoms with Gasteiger partial charge in [-0.25, -0.2) is 4.98 Å². The highest BCUT2D eigenvalue weighted by Crippen LogP contribution is 2.19. The first-order valence-corrected chi connectivity index (χ1v) is 8.92. The van der Waals surface area contributed by atoms with Crippen molar-refractivity contribution < 1.29 is 9.53 Å². The number of esters is 1. The zero-order valence-corrected chi connectivity index (χ0v) is 15.5. The normalized spacial score (nSPS) is 12.5. The molecule has 1 atom stereocenters. The van der Waals surface area contributed by atoms with Crippen LogP contribution < -0.4 is 5.56 Å². The maximum absolute atomic E-state index is 13.0. The van der Waals surface area contributed by atoms with Crippen LogP contribution in [-0.4, -0.2) is 40.1 Å². The molecule has 136 valence electrons. The van der Waals surface area contributed by atoms with Crippen molar-refractivity contribution in [3.8, 4) is 0 Å². The molecule has 0 aliphatic carbocycles. The van der Waals surface area contributed by atoms with E-state index in [9.17, 15) is 9.59 Å². The van der Waals surface area contributed by atoms with Crippen LogP contribution in [0.5, 0.6) is 0 Å². The van der Waals surface area contributed by atoms with E-state index in [4.69, 9.17) is 9.72 Å². The molecule has 0 aliphatic heterocycles. The highest BCUT2D eigenvalue weighted by Gasteiger charge is 2.21. The Morgan fingerprint density at radius 3 is 2.56 bits per heavy atom. The van der Waals surface area contributed by atoms with Crippen molar-refractivity contribution in [2.24, 2.45) is 0 Å². The summed E-state index contributed by atoms with van der Waals surface area (Å²) in [6, 6.07) is 7.31. The Labute approximate surface area is 148 Å². The lowest BCUT2D eigenvalue weighted by molar-refractivity contribution is -0.143. The van der Waals surface area contributed by atoms with Crippen LogP contribution in [0.25, 0.3) is 10.9 Å². The quantitative estimate of drug-likeness (QED) is 0.688. The van der Waals surface area contributed by atoms with Gasteiger partial charge in [-0.3, -0.25) is 19.1 Å². The molecule has 0 unspecified atom stereocenters. The predicted molar refractivity (Wildman–Crippen MR) is 98.6 cm³/mol. The minimum absolute atomic E-state index is 0.0190. The van der Waals surface area contributed by atoms with Gasteiger partial charge in [0.2, 0.25) is 0 Å². The lowest BCUT2D eigenvalue weighted by atomic mass is 10.2. The summed E-state index contributed by atoms with van der Waals surface area (Å²) in [4.78, 5) is 31.7. The molecule has 2 rings (SSSR count). The van der Waals surface area contributed by atoms with Crippen molar-refractivity contribution in [3.05, 3.63) is 40.4 Å². The van der Waals surface area contributed by atoms with Crippen LogP contribution in [-0.2, 0) is 16.1 Å². The Hall–Kier alpha value is -2.21. The summed E-state index contributed by atoms with van der Waals surface area (Å²) >= 11 is 0. The van der Waals surface area contributed by atoms with Gasteiger partial charge in [0.15, 0.2) is 0 Å². The third-order valence-corrected chi connectivity index (χ3v) is 4.47. The molecule has 6 nitrogen and oxygen atoms in total. The topological polar surface area (TPSA) is 64.4 Å². The number of carbonyl (C=O) groups excluding carboxylic acids is 1. The molecule has 1 aromatic heterocycles. The lowest BCUT2D eigenvalue weighted by Gasteiger charge is -2.28. The van der Waals surface area contributed by atoms with E-state index in [1.165, 1.54) is 0 Å². The molecule has 0 radical (unpaired) electrons. The summed E-state index contributed by atoms with van der Waals surface area (Å²) in [6.45, 7) is 10.3. The molecule has 0 saturated heterocycles. The zero-order chi connectivity index (χ0) is 18.4. The number of nitrogens with zero attached hydrogens (tertiary/aromatic N) is 3. The van der Waals surface area contributed by atoms with E-state index in [0.29, 0.717) is 23.3 Å². The van der Waals surface area contributed by atoms with Crippen LogP contribution in [0.4, 0.5) is 0 Å². The summed E-state index contributed by atoms with van der Waals surface area (Å²) in [5.74, 6) is 0.390. The van der Waals surface area contributed by atoms with Crippen molar-refractivity contribution in [1.82, 2.24) is 14.5 Å². The molecule has 0 saturated carbocycles. The molecule has 0 aliphatic rings. The predicted octanol–water partition coefficient (Wildman–Crippen LogP) is 2.75. The molecule has 0 bridgehead atoms. The van der Waals surface area contributed by atoms with E-state index in [1.807, 2.05) is 25.1 Å². The number of ether oxygens (including phenoxy) is 1. The Bertz CT molecular complexity index is 781. The van der Waals surface area contributed by atoms with Crippen LogP contribution in [0.1, 0.15) is 46.0 Å². The minimum Gasteiger partial charge on any atom is -0.466 e. The molecular formula is C19H27N3O3.